The van der Waals surface area contributed by atoms with Crippen LogP contribution in [0.3, 0.4) is 0 Å². The number of carbonyl (C=O) groups excluding carboxylic acids is 1. The first-order valence-corrected chi connectivity index (χ1v) is 7.16. The minimum absolute atomic E-state index is 0.408. The molecule has 1 aliphatic rings. The zero-order valence-corrected chi connectivity index (χ0v) is 12.9. The van der Waals surface area contributed by atoms with Gasteiger partial charge >= 0.3 is 6.09 Å². The molecule has 2 aromatic carbocycles. The highest BCUT2D eigenvalue weighted by atomic mass is 16.6. The second-order valence-electron chi connectivity index (χ2n) is 5.26. The summed E-state index contributed by atoms with van der Waals surface area (Å²) < 4.78 is 5.41. The molecule has 0 radical (unpaired) electrons. The third-order valence-electron chi connectivity index (χ3n) is 3.78. The maximum absolute atomic E-state index is 12.0. The molecule has 3 rings (SSSR count). The number of carbonyl (C=O) groups is 1. The van der Waals surface area contributed by atoms with Gasteiger partial charge in [-0.25, -0.2) is 4.79 Å². The molecule has 116 valence electrons. The Morgan fingerprint density at radius 1 is 1.17 bits per heavy atom. The highest BCUT2D eigenvalue weighted by Crippen LogP contribution is 2.34. The topological polar surface area (TPSA) is 62.1 Å². The average Bonchev–Trinajstić information content (AvgIpc) is 2.59. The van der Waals surface area contributed by atoms with Crippen molar-refractivity contribution in [2.24, 2.45) is 5.16 Å². The van der Waals surface area contributed by atoms with E-state index in [9.17, 15) is 4.79 Å². The lowest BCUT2D eigenvalue weighted by Crippen LogP contribution is -2.31. The van der Waals surface area contributed by atoms with Gasteiger partial charge in [-0.15, -0.1) is 0 Å². The van der Waals surface area contributed by atoms with E-state index in [4.69, 9.17) is 9.94 Å². The monoisotopic (exact) mass is 308 g/mol. The molecule has 0 spiro atoms. The van der Waals surface area contributed by atoms with E-state index in [0.29, 0.717) is 11.5 Å². The van der Waals surface area contributed by atoms with Gasteiger partial charge in [0.25, 0.3) is 0 Å². The summed E-state index contributed by atoms with van der Waals surface area (Å²) in [5.74, 6) is 0.518. The van der Waals surface area contributed by atoms with E-state index in [1.165, 1.54) is 4.90 Å². The van der Waals surface area contributed by atoms with Crippen molar-refractivity contribution in [1.29, 1.82) is 0 Å². The Kier molecular flexibility index (Phi) is 3.85. The van der Waals surface area contributed by atoms with Gasteiger partial charge in [-0.1, -0.05) is 41.6 Å². The van der Waals surface area contributed by atoms with Crippen molar-refractivity contribution in [2.45, 2.75) is 6.92 Å². The van der Waals surface area contributed by atoms with Gasteiger partial charge in [0.2, 0.25) is 0 Å². The summed E-state index contributed by atoms with van der Waals surface area (Å²) in [4.78, 5) is 13.4. The lowest BCUT2D eigenvalue weighted by atomic mass is 10.0. The van der Waals surface area contributed by atoms with Crippen LogP contribution in [-0.4, -0.2) is 24.1 Å². The molecule has 5 nitrogen and oxygen atoms in total. The Labute approximate surface area is 134 Å². The van der Waals surface area contributed by atoms with Crippen molar-refractivity contribution in [3.05, 3.63) is 65.2 Å². The number of fused-ring (bicyclic) bond motifs is 1. The minimum Gasteiger partial charge on any atom is -0.411 e. The van der Waals surface area contributed by atoms with Crippen molar-refractivity contribution in [2.75, 3.05) is 11.9 Å². The standard InChI is InChI=1S/C18H16N2O3/c1-12(19-22)14-9-7-13(8-10-14)11-17-15-5-3-4-6-16(15)20(2)18(21)23-17/h3-11,22H,1-2H3/b17-11-,19-12-. The molecular formula is C18H16N2O3. The summed E-state index contributed by atoms with van der Waals surface area (Å²) in [6, 6.07) is 15.1. The highest BCUT2D eigenvalue weighted by Gasteiger charge is 2.25. The molecule has 0 aromatic heterocycles. The molecule has 0 bridgehead atoms. The number of amides is 1. The van der Waals surface area contributed by atoms with Crippen LogP contribution in [0.4, 0.5) is 10.5 Å². The first kappa shape index (κ1) is 14.8. The molecular weight excluding hydrogens is 292 g/mol. The number of hydrogen-bond acceptors (Lipinski definition) is 4. The quantitative estimate of drug-likeness (QED) is 0.519. The molecule has 1 N–H and O–H groups in total. The summed E-state index contributed by atoms with van der Waals surface area (Å²) in [6.07, 6.45) is 1.41. The number of cyclic esters (lactones) is 1. The maximum atomic E-state index is 12.0. The van der Waals surface area contributed by atoms with E-state index in [-0.39, 0.29) is 0 Å². The van der Waals surface area contributed by atoms with Crippen LogP contribution in [0.25, 0.3) is 11.8 Å². The molecule has 0 aliphatic carbocycles. The van der Waals surface area contributed by atoms with Crippen molar-refractivity contribution in [3.8, 4) is 0 Å². The van der Waals surface area contributed by atoms with E-state index < -0.39 is 6.09 Å². The lowest BCUT2D eigenvalue weighted by Gasteiger charge is -2.26. The van der Waals surface area contributed by atoms with Crippen LogP contribution in [0, 0.1) is 0 Å². The van der Waals surface area contributed by atoms with Gasteiger partial charge in [-0.3, -0.25) is 4.90 Å². The zero-order chi connectivity index (χ0) is 16.4. The van der Waals surface area contributed by atoms with E-state index in [1.807, 2.05) is 54.6 Å². The molecule has 0 saturated carbocycles. The number of hydrogen-bond donors (Lipinski definition) is 1. The Morgan fingerprint density at radius 2 is 1.87 bits per heavy atom. The Balaban J connectivity index is 2.00. The molecule has 0 fully saturated rings. The third kappa shape index (κ3) is 2.81. The van der Waals surface area contributed by atoms with Crippen LogP contribution < -0.4 is 4.90 Å². The fourth-order valence-corrected chi connectivity index (χ4v) is 2.43. The van der Waals surface area contributed by atoms with Gasteiger partial charge in [0, 0.05) is 12.6 Å². The molecule has 2 aromatic rings. The second kappa shape index (κ2) is 5.96. The predicted octanol–water partition coefficient (Wildman–Crippen LogP) is 3.97. The number of rotatable bonds is 2. The average molecular weight is 308 g/mol. The molecule has 1 heterocycles. The fourth-order valence-electron chi connectivity index (χ4n) is 2.43. The summed E-state index contributed by atoms with van der Waals surface area (Å²) in [5.41, 5.74) is 3.94. The van der Waals surface area contributed by atoms with Crippen molar-refractivity contribution >= 4 is 29.3 Å². The lowest BCUT2D eigenvalue weighted by molar-refractivity contribution is 0.199. The van der Waals surface area contributed by atoms with Crippen molar-refractivity contribution in [1.82, 2.24) is 0 Å². The smallest absolute Gasteiger partial charge is 0.411 e. The summed E-state index contributed by atoms with van der Waals surface area (Å²) in [6.45, 7) is 1.72. The molecule has 0 saturated heterocycles. The normalized spacial score (nSPS) is 16.3. The van der Waals surface area contributed by atoms with Crippen LogP contribution in [0.5, 0.6) is 0 Å². The maximum Gasteiger partial charge on any atom is 0.419 e. The van der Waals surface area contributed by atoms with E-state index >= 15 is 0 Å². The molecule has 1 aliphatic heterocycles. The number of ether oxygens (including phenoxy) is 1. The first-order chi connectivity index (χ1) is 11.1. The molecule has 1 amide bonds. The first-order valence-electron chi connectivity index (χ1n) is 7.16. The zero-order valence-electron chi connectivity index (χ0n) is 12.9. The minimum atomic E-state index is -0.408. The van der Waals surface area contributed by atoms with Crippen molar-refractivity contribution < 1.29 is 14.7 Å². The van der Waals surface area contributed by atoms with E-state index in [0.717, 1.165) is 22.4 Å². The van der Waals surface area contributed by atoms with Crippen LogP contribution in [0.1, 0.15) is 23.6 Å². The summed E-state index contributed by atoms with van der Waals surface area (Å²) in [5, 5.41) is 12.0. The number of nitrogens with zero attached hydrogens (tertiary/aromatic N) is 2. The van der Waals surface area contributed by atoms with E-state index in [1.54, 1.807) is 14.0 Å². The predicted molar refractivity (Wildman–Crippen MR) is 89.6 cm³/mol. The van der Waals surface area contributed by atoms with Gasteiger partial charge in [0.05, 0.1) is 11.4 Å². The van der Waals surface area contributed by atoms with Crippen LogP contribution in [0.2, 0.25) is 0 Å². The number of para-hydroxylation sites is 1. The van der Waals surface area contributed by atoms with Gasteiger partial charge < -0.3 is 9.94 Å². The fraction of sp³-hybridized carbons (Fsp3) is 0.111. The molecule has 23 heavy (non-hydrogen) atoms. The van der Waals surface area contributed by atoms with Crippen LogP contribution >= 0.6 is 0 Å². The number of benzene rings is 2. The van der Waals surface area contributed by atoms with Gasteiger partial charge in [-0.2, -0.15) is 0 Å². The molecule has 0 unspecified atom stereocenters. The number of anilines is 1. The van der Waals surface area contributed by atoms with Gasteiger partial charge in [-0.05, 0) is 36.3 Å². The summed E-state index contributed by atoms with van der Waals surface area (Å²) in [7, 11) is 1.68. The SMILES string of the molecule is C/C(=N/O)c1ccc(/C=C2\OC(=O)N(C)c3ccccc32)cc1. The van der Waals surface area contributed by atoms with Crippen LogP contribution in [0.15, 0.2) is 53.7 Å². The molecule has 5 heteroatoms. The number of oxime groups is 1. The Bertz CT molecular complexity index is 807. The Hall–Kier alpha value is -3.08. The second-order valence-corrected chi connectivity index (χ2v) is 5.26. The third-order valence-corrected chi connectivity index (χ3v) is 3.78. The van der Waals surface area contributed by atoms with Crippen molar-refractivity contribution in [3.63, 3.8) is 0 Å². The largest absolute Gasteiger partial charge is 0.419 e. The van der Waals surface area contributed by atoms with Gasteiger partial charge in [0.1, 0.15) is 5.76 Å². The molecule has 0 atom stereocenters. The van der Waals surface area contributed by atoms with Gasteiger partial charge in [0.15, 0.2) is 0 Å². The Morgan fingerprint density at radius 3 is 2.57 bits per heavy atom. The summed E-state index contributed by atoms with van der Waals surface area (Å²) >= 11 is 0. The highest BCUT2D eigenvalue weighted by molar-refractivity contribution is 6.02. The van der Waals surface area contributed by atoms with Crippen LogP contribution in [-0.2, 0) is 4.74 Å². The van der Waals surface area contributed by atoms with E-state index in [2.05, 4.69) is 5.16 Å².